The Morgan fingerprint density at radius 3 is 2.65 bits per heavy atom. The second kappa shape index (κ2) is 8.91. The Labute approximate surface area is 154 Å². The van der Waals surface area contributed by atoms with Crippen molar-refractivity contribution in [3.8, 4) is 11.4 Å². The van der Waals surface area contributed by atoms with Gasteiger partial charge in [-0.25, -0.2) is 0 Å². The van der Waals surface area contributed by atoms with Gasteiger partial charge in [0.1, 0.15) is 5.82 Å². The van der Waals surface area contributed by atoms with Crippen molar-refractivity contribution in [3.05, 3.63) is 36.2 Å². The summed E-state index contributed by atoms with van der Waals surface area (Å²) in [5.74, 6) is 2.28. The van der Waals surface area contributed by atoms with Gasteiger partial charge in [-0.1, -0.05) is 30.3 Å². The van der Waals surface area contributed by atoms with Crippen molar-refractivity contribution in [2.45, 2.75) is 25.7 Å². The van der Waals surface area contributed by atoms with Crippen LogP contribution in [0.5, 0.6) is 0 Å². The minimum Gasteiger partial charge on any atom is -0.356 e. The Kier molecular flexibility index (Phi) is 6.35. The first kappa shape index (κ1) is 18.5. The van der Waals surface area contributed by atoms with E-state index in [1.54, 1.807) is 7.11 Å². The van der Waals surface area contributed by atoms with Crippen molar-refractivity contribution in [1.82, 2.24) is 25.1 Å². The molecule has 1 saturated heterocycles. The molecule has 2 aromatic rings. The number of benzene rings is 1. The lowest BCUT2D eigenvalue weighted by Gasteiger charge is -2.29. The number of nitrogens with zero attached hydrogens (tertiary/aromatic N) is 4. The molecule has 1 aromatic heterocycles. The molecule has 26 heavy (non-hydrogen) atoms. The zero-order valence-electron chi connectivity index (χ0n) is 15.5. The molecule has 0 unspecified atom stereocenters. The number of hydrogen-bond acceptors (Lipinski definition) is 5. The summed E-state index contributed by atoms with van der Waals surface area (Å²) in [7, 11) is 3.66. The molecular formula is C19H27N5O2. The van der Waals surface area contributed by atoms with E-state index in [1.807, 2.05) is 47.0 Å². The topological polar surface area (TPSA) is 72.3 Å². The molecule has 0 spiro atoms. The lowest BCUT2D eigenvalue weighted by Crippen LogP contribution is -2.35. The van der Waals surface area contributed by atoms with Crippen molar-refractivity contribution in [2.24, 2.45) is 13.0 Å². The minimum absolute atomic E-state index is 0.117. The van der Waals surface area contributed by atoms with E-state index in [4.69, 9.17) is 4.84 Å². The molecule has 1 fully saturated rings. The molecule has 1 aliphatic heterocycles. The summed E-state index contributed by atoms with van der Waals surface area (Å²) in [6.07, 6.45) is 3.27. The van der Waals surface area contributed by atoms with E-state index in [9.17, 15) is 4.79 Å². The van der Waals surface area contributed by atoms with E-state index in [0.29, 0.717) is 25.3 Å². The second-order valence-corrected chi connectivity index (χ2v) is 6.72. The number of amides is 1. The first-order valence-electron chi connectivity index (χ1n) is 9.17. The second-order valence-electron chi connectivity index (χ2n) is 6.72. The van der Waals surface area contributed by atoms with E-state index in [1.165, 1.54) is 0 Å². The number of aromatic nitrogens is 3. The van der Waals surface area contributed by atoms with Crippen LogP contribution in [0.2, 0.25) is 0 Å². The fourth-order valence-electron chi connectivity index (χ4n) is 3.36. The van der Waals surface area contributed by atoms with Crippen LogP contribution in [0.3, 0.4) is 0 Å². The number of carbonyl (C=O) groups is 1. The van der Waals surface area contributed by atoms with E-state index in [2.05, 4.69) is 15.5 Å². The minimum atomic E-state index is 0.117. The summed E-state index contributed by atoms with van der Waals surface area (Å²) >= 11 is 0. The standard InChI is InChI=1S/C19H27N5O2/c1-23-17(21-22-19(23)16-6-4-3-5-7-16)8-11-20-18(25)14-15-9-12-24(26-2)13-10-15/h3-7,15H,8-14H2,1-2H3,(H,20,25). The summed E-state index contributed by atoms with van der Waals surface area (Å²) in [6, 6.07) is 9.99. The molecule has 1 aliphatic rings. The lowest BCUT2D eigenvalue weighted by molar-refractivity contribution is -0.149. The highest BCUT2D eigenvalue weighted by Gasteiger charge is 2.21. The van der Waals surface area contributed by atoms with Crippen LogP contribution in [0.15, 0.2) is 30.3 Å². The average molecular weight is 357 g/mol. The maximum atomic E-state index is 12.2. The van der Waals surface area contributed by atoms with E-state index in [-0.39, 0.29) is 5.91 Å². The third-order valence-electron chi connectivity index (χ3n) is 4.97. The Bertz CT molecular complexity index is 708. The first-order chi connectivity index (χ1) is 12.7. The predicted molar refractivity (Wildman–Crippen MR) is 99.1 cm³/mol. The molecular weight excluding hydrogens is 330 g/mol. The van der Waals surface area contributed by atoms with Crippen LogP contribution in [0.4, 0.5) is 0 Å². The van der Waals surface area contributed by atoms with Crippen molar-refractivity contribution in [1.29, 1.82) is 0 Å². The Morgan fingerprint density at radius 2 is 1.96 bits per heavy atom. The van der Waals surface area contributed by atoms with Gasteiger partial charge < -0.3 is 14.7 Å². The van der Waals surface area contributed by atoms with Crippen LogP contribution in [0.25, 0.3) is 11.4 Å². The van der Waals surface area contributed by atoms with Crippen LogP contribution in [0.1, 0.15) is 25.1 Å². The fraction of sp³-hybridized carbons (Fsp3) is 0.526. The highest BCUT2D eigenvalue weighted by Crippen LogP contribution is 2.20. The van der Waals surface area contributed by atoms with E-state index in [0.717, 1.165) is 43.1 Å². The number of hydrogen-bond donors (Lipinski definition) is 1. The van der Waals surface area contributed by atoms with Crippen molar-refractivity contribution >= 4 is 5.91 Å². The quantitative estimate of drug-likeness (QED) is 0.818. The molecule has 7 nitrogen and oxygen atoms in total. The number of nitrogens with one attached hydrogen (secondary N) is 1. The van der Waals surface area contributed by atoms with Gasteiger partial charge in [-0.3, -0.25) is 4.79 Å². The smallest absolute Gasteiger partial charge is 0.220 e. The first-order valence-corrected chi connectivity index (χ1v) is 9.17. The SMILES string of the molecule is CON1CCC(CC(=O)NCCc2nnc(-c3ccccc3)n2C)CC1. The molecule has 0 aliphatic carbocycles. The fourth-order valence-corrected chi connectivity index (χ4v) is 3.36. The largest absolute Gasteiger partial charge is 0.356 e. The van der Waals surface area contributed by atoms with E-state index >= 15 is 0 Å². The summed E-state index contributed by atoms with van der Waals surface area (Å²) in [6.45, 7) is 2.38. The van der Waals surface area contributed by atoms with Crippen LogP contribution in [-0.2, 0) is 23.1 Å². The van der Waals surface area contributed by atoms with Gasteiger partial charge >= 0.3 is 0 Å². The molecule has 2 heterocycles. The monoisotopic (exact) mass is 357 g/mol. The third kappa shape index (κ3) is 4.68. The van der Waals surface area contributed by atoms with Gasteiger partial charge in [-0.2, -0.15) is 5.06 Å². The van der Waals surface area contributed by atoms with Crippen LogP contribution in [-0.4, -0.2) is 52.5 Å². The van der Waals surface area contributed by atoms with Crippen LogP contribution >= 0.6 is 0 Å². The van der Waals surface area contributed by atoms with Crippen LogP contribution in [0, 0.1) is 5.92 Å². The highest BCUT2D eigenvalue weighted by atomic mass is 16.7. The lowest BCUT2D eigenvalue weighted by atomic mass is 9.94. The zero-order chi connectivity index (χ0) is 18.4. The molecule has 0 atom stereocenters. The molecule has 1 amide bonds. The van der Waals surface area contributed by atoms with Gasteiger partial charge in [0, 0.05) is 45.1 Å². The average Bonchev–Trinajstić information content (AvgIpc) is 3.04. The summed E-state index contributed by atoms with van der Waals surface area (Å²) in [5.41, 5.74) is 1.04. The number of carbonyl (C=O) groups excluding carboxylic acids is 1. The number of rotatable bonds is 7. The third-order valence-corrected chi connectivity index (χ3v) is 4.97. The zero-order valence-corrected chi connectivity index (χ0v) is 15.5. The molecule has 0 bridgehead atoms. The van der Waals surface area contributed by atoms with Crippen molar-refractivity contribution in [2.75, 3.05) is 26.7 Å². The Hall–Kier alpha value is -2.25. The van der Waals surface area contributed by atoms with Crippen molar-refractivity contribution in [3.63, 3.8) is 0 Å². The van der Waals surface area contributed by atoms with Gasteiger partial charge in [-0.15, -0.1) is 10.2 Å². The summed E-state index contributed by atoms with van der Waals surface area (Å²) < 4.78 is 1.99. The van der Waals surface area contributed by atoms with Gasteiger partial charge in [0.25, 0.3) is 0 Å². The summed E-state index contributed by atoms with van der Waals surface area (Å²) in [4.78, 5) is 17.4. The normalized spacial score (nSPS) is 15.9. The summed E-state index contributed by atoms with van der Waals surface area (Å²) in [5, 5.41) is 13.5. The number of piperidine rings is 1. The molecule has 1 aromatic carbocycles. The predicted octanol–water partition coefficient (Wildman–Crippen LogP) is 1.80. The van der Waals surface area contributed by atoms with Crippen molar-refractivity contribution < 1.29 is 9.63 Å². The van der Waals surface area contributed by atoms with Gasteiger partial charge in [0.2, 0.25) is 5.91 Å². The highest BCUT2D eigenvalue weighted by molar-refractivity contribution is 5.76. The molecule has 0 radical (unpaired) electrons. The molecule has 7 heteroatoms. The molecule has 0 saturated carbocycles. The maximum Gasteiger partial charge on any atom is 0.220 e. The molecule has 140 valence electrons. The van der Waals surface area contributed by atoms with E-state index < -0.39 is 0 Å². The Morgan fingerprint density at radius 1 is 1.23 bits per heavy atom. The number of hydroxylamine groups is 2. The molecule has 3 rings (SSSR count). The van der Waals surface area contributed by atoms with Gasteiger partial charge in [-0.05, 0) is 18.8 Å². The molecule has 1 N–H and O–H groups in total. The Balaban J connectivity index is 1.44. The van der Waals surface area contributed by atoms with Gasteiger partial charge in [0.15, 0.2) is 5.82 Å². The maximum absolute atomic E-state index is 12.2. The van der Waals surface area contributed by atoms with Gasteiger partial charge in [0.05, 0.1) is 7.11 Å². The van der Waals surface area contributed by atoms with Crippen LogP contribution < -0.4 is 5.32 Å².